The molecule has 0 aliphatic heterocycles. The molecule has 25 heavy (non-hydrogen) atoms. The molecule has 3 aromatic rings. The lowest BCUT2D eigenvalue weighted by molar-refractivity contribution is -0.384. The fourth-order valence-electron chi connectivity index (χ4n) is 2.22. The molecule has 9 heteroatoms. The van der Waals surface area contributed by atoms with E-state index < -0.39 is 4.92 Å². The first kappa shape index (κ1) is 16.7. The highest BCUT2D eigenvalue weighted by molar-refractivity contribution is 6.33. The van der Waals surface area contributed by atoms with Crippen molar-refractivity contribution < 1.29 is 18.9 Å². The number of hydrogen-bond donors (Lipinski definition) is 0. The summed E-state index contributed by atoms with van der Waals surface area (Å²) in [6.45, 7) is 0. The monoisotopic (exact) mass is 361 g/mol. The predicted octanol–water partition coefficient (Wildman–Crippen LogP) is 3.98. The number of nitro groups is 1. The van der Waals surface area contributed by atoms with E-state index in [-0.39, 0.29) is 22.2 Å². The zero-order valence-corrected chi connectivity index (χ0v) is 14.0. The summed E-state index contributed by atoms with van der Waals surface area (Å²) in [7, 11) is 3.06. The van der Waals surface area contributed by atoms with Crippen LogP contribution >= 0.6 is 11.6 Å². The molecule has 8 nitrogen and oxygen atoms in total. The topological polar surface area (TPSA) is 101 Å². The zero-order chi connectivity index (χ0) is 18.0. The smallest absolute Gasteiger partial charge is 0.270 e. The number of benzene rings is 2. The molecule has 128 valence electrons. The van der Waals surface area contributed by atoms with Gasteiger partial charge in [0.15, 0.2) is 11.5 Å². The minimum absolute atomic E-state index is 0.0819. The van der Waals surface area contributed by atoms with Crippen LogP contribution in [-0.2, 0) is 0 Å². The number of aromatic nitrogens is 2. The van der Waals surface area contributed by atoms with Crippen molar-refractivity contribution in [1.29, 1.82) is 0 Å². The van der Waals surface area contributed by atoms with E-state index >= 15 is 0 Å². The van der Waals surface area contributed by atoms with Crippen LogP contribution in [-0.4, -0.2) is 29.3 Å². The number of halogens is 1. The molecule has 0 aliphatic carbocycles. The van der Waals surface area contributed by atoms with Gasteiger partial charge in [-0.05, 0) is 24.3 Å². The lowest BCUT2D eigenvalue weighted by Crippen LogP contribution is -1.91. The number of rotatable bonds is 5. The molecule has 0 radical (unpaired) electrons. The number of methoxy groups -OCH3 is 2. The van der Waals surface area contributed by atoms with Gasteiger partial charge in [0, 0.05) is 17.7 Å². The van der Waals surface area contributed by atoms with E-state index in [9.17, 15) is 10.1 Å². The second-order valence-electron chi connectivity index (χ2n) is 4.91. The fraction of sp³-hybridized carbons (Fsp3) is 0.125. The van der Waals surface area contributed by atoms with E-state index in [0.29, 0.717) is 22.9 Å². The van der Waals surface area contributed by atoms with Crippen LogP contribution in [0.15, 0.2) is 40.9 Å². The Morgan fingerprint density at radius 1 is 1.12 bits per heavy atom. The molecule has 1 aromatic heterocycles. The van der Waals surface area contributed by atoms with Gasteiger partial charge < -0.3 is 14.0 Å². The lowest BCUT2D eigenvalue weighted by Gasteiger charge is -2.07. The molecule has 0 aliphatic rings. The van der Waals surface area contributed by atoms with Crippen molar-refractivity contribution in [2.24, 2.45) is 0 Å². The fourth-order valence-corrected chi connectivity index (χ4v) is 2.41. The van der Waals surface area contributed by atoms with Crippen LogP contribution in [0, 0.1) is 10.1 Å². The van der Waals surface area contributed by atoms with Crippen molar-refractivity contribution >= 4 is 17.3 Å². The molecular formula is C16H12ClN3O5. The third-order valence-electron chi connectivity index (χ3n) is 3.46. The summed E-state index contributed by atoms with van der Waals surface area (Å²) in [4.78, 5) is 14.7. The molecule has 2 aromatic carbocycles. The van der Waals surface area contributed by atoms with Crippen molar-refractivity contribution in [2.45, 2.75) is 0 Å². The number of hydrogen-bond acceptors (Lipinski definition) is 7. The molecule has 1 heterocycles. The molecule has 0 fully saturated rings. The van der Waals surface area contributed by atoms with Crippen LogP contribution in [0.2, 0.25) is 5.02 Å². The average Bonchev–Trinajstić information content (AvgIpc) is 3.11. The van der Waals surface area contributed by atoms with Crippen molar-refractivity contribution in [3.63, 3.8) is 0 Å². The molecule has 0 atom stereocenters. The van der Waals surface area contributed by atoms with Crippen LogP contribution in [0.4, 0.5) is 5.69 Å². The Labute approximate surface area is 147 Å². The first-order valence-electron chi connectivity index (χ1n) is 7.04. The minimum atomic E-state index is -0.522. The third kappa shape index (κ3) is 3.24. The van der Waals surface area contributed by atoms with Crippen molar-refractivity contribution in [1.82, 2.24) is 10.1 Å². The maximum absolute atomic E-state index is 10.9. The van der Waals surface area contributed by atoms with Gasteiger partial charge >= 0.3 is 0 Å². The summed E-state index contributed by atoms with van der Waals surface area (Å²) in [5.41, 5.74) is 0.801. The summed E-state index contributed by atoms with van der Waals surface area (Å²) in [5.74, 6) is 1.45. The first-order chi connectivity index (χ1) is 12.0. The normalized spacial score (nSPS) is 10.5. The van der Waals surface area contributed by atoms with E-state index in [1.807, 2.05) is 0 Å². The minimum Gasteiger partial charge on any atom is -0.493 e. The zero-order valence-electron chi connectivity index (χ0n) is 13.2. The molecule has 0 saturated heterocycles. The number of nitrogens with zero attached hydrogens (tertiary/aromatic N) is 3. The average molecular weight is 362 g/mol. The van der Waals surface area contributed by atoms with E-state index in [2.05, 4.69) is 10.1 Å². The molecular weight excluding hydrogens is 350 g/mol. The molecule has 0 spiro atoms. The van der Waals surface area contributed by atoms with Crippen LogP contribution in [0.1, 0.15) is 0 Å². The van der Waals surface area contributed by atoms with Gasteiger partial charge in [0.25, 0.3) is 11.6 Å². The van der Waals surface area contributed by atoms with E-state index in [0.717, 1.165) is 0 Å². The highest BCUT2D eigenvalue weighted by Crippen LogP contribution is 2.34. The predicted molar refractivity (Wildman–Crippen MR) is 89.9 cm³/mol. The molecule has 0 amide bonds. The van der Waals surface area contributed by atoms with Crippen LogP contribution in [0.3, 0.4) is 0 Å². The highest BCUT2D eigenvalue weighted by Gasteiger charge is 2.18. The Bertz CT molecular complexity index is 941. The van der Waals surface area contributed by atoms with Gasteiger partial charge in [-0.1, -0.05) is 16.8 Å². The summed E-state index contributed by atoms with van der Waals surface area (Å²) in [6.07, 6.45) is 0. The van der Waals surface area contributed by atoms with E-state index in [4.69, 9.17) is 25.6 Å². The van der Waals surface area contributed by atoms with Crippen molar-refractivity contribution in [3.05, 3.63) is 51.5 Å². The Morgan fingerprint density at radius 2 is 1.88 bits per heavy atom. The largest absolute Gasteiger partial charge is 0.493 e. The number of nitro benzene ring substituents is 1. The Morgan fingerprint density at radius 3 is 2.56 bits per heavy atom. The Hall–Kier alpha value is -3.13. The van der Waals surface area contributed by atoms with E-state index in [1.165, 1.54) is 32.4 Å². The van der Waals surface area contributed by atoms with Gasteiger partial charge in [-0.2, -0.15) is 4.98 Å². The lowest BCUT2D eigenvalue weighted by atomic mass is 10.2. The summed E-state index contributed by atoms with van der Waals surface area (Å²) >= 11 is 6.09. The van der Waals surface area contributed by atoms with Crippen molar-refractivity contribution in [3.8, 4) is 34.3 Å². The third-order valence-corrected chi connectivity index (χ3v) is 3.79. The second kappa shape index (κ2) is 6.78. The van der Waals surface area contributed by atoms with Crippen LogP contribution < -0.4 is 9.47 Å². The SMILES string of the molecule is COc1ccc(-c2noc(-c3cc([N+](=O)[O-])ccc3Cl)n2)cc1OC. The van der Waals surface area contributed by atoms with Gasteiger partial charge in [0.05, 0.1) is 29.7 Å². The molecule has 0 unspecified atom stereocenters. The quantitative estimate of drug-likeness (QED) is 0.500. The standard InChI is InChI=1S/C16H12ClN3O5/c1-23-13-6-3-9(7-14(13)24-2)15-18-16(25-19-15)11-8-10(20(21)22)4-5-12(11)17/h3-8H,1-2H3. The molecule has 0 saturated carbocycles. The first-order valence-corrected chi connectivity index (χ1v) is 7.41. The number of ether oxygens (including phenoxy) is 2. The summed E-state index contributed by atoms with van der Waals surface area (Å²) < 4.78 is 15.6. The summed E-state index contributed by atoms with van der Waals surface area (Å²) in [5, 5.41) is 15.1. The van der Waals surface area contributed by atoms with Crippen molar-refractivity contribution in [2.75, 3.05) is 14.2 Å². The maximum atomic E-state index is 10.9. The summed E-state index contributed by atoms with van der Waals surface area (Å²) in [6, 6.07) is 9.15. The second-order valence-corrected chi connectivity index (χ2v) is 5.32. The van der Waals surface area contributed by atoms with E-state index in [1.54, 1.807) is 18.2 Å². The number of non-ortho nitro benzene ring substituents is 1. The Balaban J connectivity index is 2.01. The van der Waals surface area contributed by atoms with Crippen LogP contribution in [0.5, 0.6) is 11.5 Å². The van der Waals surface area contributed by atoms with Gasteiger partial charge in [-0.15, -0.1) is 0 Å². The highest BCUT2D eigenvalue weighted by atomic mass is 35.5. The molecule has 0 bridgehead atoms. The van der Waals surface area contributed by atoms with Gasteiger partial charge in [0.2, 0.25) is 5.82 Å². The van der Waals surface area contributed by atoms with Crippen LogP contribution in [0.25, 0.3) is 22.8 Å². The van der Waals surface area contributed by atoms with Gasteiger partial charge in [0.1, 0.15) is 0 Å². The van der Waals surface area contributed by atoms with Gasteiger partial charge in [-0.3, -0.25) is 10.1 Å². The van der Waals surface area contributed by atoms with Gasteiger partial charge in [-0.25, -0.2) is 0 Å². The maximum Gasteiger partial charge on any atom is 0.270 e. The molecule has 0 N–H and O–H groups in total. The molecule has 3 rings (SSSR count). The Kier molecular flexibility index (Phi) is 4.53.